The molecule has 0 unspecified atom stereocenters. The SMILES string of the molecule is CCOC(=O)C1=C(C(=O)c2ccc(Cl)cc2)SC2=C(CC(C)(C)OC2)N1. The molecule has 0 aliphatic carbocycles. The van der Waals surface area contributed by atoms with Gasteiger partial charge in [0.15, 0.2) is 0 Å². The Morgan fingerprint density at radius 1 is 1.31 bits per heavy atom. The number of carbonyl (C=O) groups excluding carboxylic acids is 2. The minimum Gasteiger partial charge on any atom is -0.461 e. The number of Topliss-reactive ketones (excluding diaryl/α,β-unsaturated/α-hetero) is 1. The van der Waals surface area contributed by atoms with Crippen LogP contribution in [-0.2, 0) is 14.3 Å². The summed E-state index contributed by atoms with van der Waals surface area (Å²) in [5.74, 6) is -0.785. The molecule has 138 valence electrons. The Labute approximate surface area is 161 Å². The van der Waals surface area contributed by atoms with E-state index in [1.165, 1.54) is 11.8 Å². The zero-order valence-electron chi connectivity index (χ0n) is 14.8. The van der Waals surface area contributed by atoms with Gasteiger partial charge < -0.3 is 14.8 Å². The van der Waals surface area contributed by atoms with Gasteiger partial charge in [0.05, 0.1) is 23.7 Å². The second-order valence-electron chi connectivity index (χ2n) is 6.61. The molecule has 1 aromatic carbocycles. The molecule has 2 aliphatic heterocycles. The van der Waals surface area contributed by atoms with Crippen molar-refractivity contribution in [2.24, 2.45) is 0 Å². The van der Waals surface area contributed by atoms with E-state index in [4.69, 9.17) is 21.1 Å². The van der Waals surface area contributed by atoms with Crippen molar-refractivity contribution < 1.29 is 19.1 Å². The molecule has 0 spiro atoms. The van der Waals surface area contributed by atoms with Gasteiger partial charge in [-0.15, -0.1) is 0 Å². The number of rotatable bonds is 4. The topological polar surface area (TPSA) is 64.6 Å². The maximum atomic E-state index is 13.0. The van der Waals surface area contributed by atoms with Gasteiger partial charge in [0.1, 0.15) is 5.70 Å². The first-order chi connectivity index (χ1) is 12.3. The Hall–Kier alpha value is -1.76. The molecule has 7 heteroatoms. The number of ether oxygens (including phenoxy) is 2. The van der Waals surface area contributed by atoms with Gasteiger partial charge in [0.25, 0.3) is 0 Å². The predicted octanol–water partition coefficient (Wildman–Crippen LogP) is 4.04. The van der Waals surface area contributed by atoms with E-state index in [1.54, 1.807) is 31.2 Å². The molecule has 0 radical (unpaired) electrons. The van der Waals surface area contributed by atoms with Crippen LogP contribution in [0, 0.1) is 0 Å². The number of thioether (sulfide) groups is 1. The summed E-state index contributed by atoms with van der Waals surface area (Å²) in [7, 11) is 0. The minimum atomic E-state index is -0.534. The zero-order chi connectivity index (χ0) is 18.9. The molecule has 2 aliphatic rings. The third kappa shape index (κ3) is 3.98. The van der Waals surface area contributed by atoms with Crippen LogP contribution in [0.15, 0.2) is 45.5 Å². The Morgan fingerprint density at radius 3 is 2.65 bits per heavy atom. The van der Waals surface area contributed by atoms with Gasteiger partial charge in [-0.25, -0.2) is 4.79 Å². The molecule has 3 rings (SSSR count). The number of halogens is 1. The number of hydrogen-bond donors (Lipinski definition) is 1. The van der Waals surface area contributed by atoms with Crippen LogP contribution in [0.5, 0.6) is 0 Å². The summed E-state index contributed by atoms with van der Waals surface area (Å²) in [4.78, 5) is 26.7. The van der Waals surface area contributed by atoms with Crippen molar-refractivity contribution in [1.82, 2.24) is 5.32 Å². The van der Waals surface area contributed by atoms with Gasteiger partial charge in [-0.05, 0) is 45.0 Å². The highest BCUT2D eigenvalue weighted by atomic mass is 35.5. The molecule has 0 fully saturated rings. The second kappa shape index (κ2) is 7.47. The standard InChI is InChI=1S/C19H20ClNO4S/c1-4-24-18(23)15-17(16(22)11-5-7-12(20)8-6-11)26-14-10-25-19(2,3)9-13(14)21-15/h5-8,21H,4,9-10H2,1-3H3. The largest absolute Gasteiger partial charge is 0.461 e. The molecule has 0 atom stereocenters. The van der Waals surface area contributed by atoms with Crippen LogP contribution in [0.4, 0.5) is 0 Å². The van der Waals surface area contributed by atoms with Crippen molar-refractivity contribution in [2.75, 3.05) is 13.2 Å². The lowest BCUT2D eigenvalue weighted by Crippen LogP contribution is -2.38. The van der Waals surface area contributed by atoms with E-state index in [-0.39, 0.29) is 23.7 Å². The highest BCUT2D eigenvalue weighted by Gasteiger charge is 2.36. The fraction of sp³-hybridized carbons (Fsp3) is 0.368. The lowest BCUT2D eigenvalue weighted by atomic mass is 9.99. The summed E-state index contributed by atoms with van der Waals surface area (Å²) in [6.07, 6.45) is 0.626. The van der Waals surface area contributed by atoms with Crippen LogP contribution in [0.25, 0.3) is 0 Å². The lowest BCUT2D eigenvalue weighted by molar-refractivity contribution is -0.139. The number of ketones is 1. The third-order valence-electron chi connectivity index (χ3n) is 4.05. The maximum absolute atomic E-state index is 13.0. The van der Waals surface area contributed by atoms with Crippen LogP contribution in [-0.4, -0.2) is 30.6 Å². The highest BCUT2D eigenvalue weighted by Crippen LogP contribution is 2.42. The summed E-state index contributed by atoms with van der Waals surface area (Å²) in [5.41, 5.74) is 1.22. The number of esters is 1. The number of nitrogens with one attached hydrogen (secondary N) is 1. The molecule has 0 saturated carbocycles. The molecule has 5 nitrogen and oxygen atoms in total. The summed E-state index contributed by atoms with van der Waals surface area (Å²) in [5, 5.41) is 3.69. The molecule has 1 aromatic rings. The van der Waals surface area contributed by atoms with Crippen molar-refractivity contribution in [1.29, 1.82) is 0 Å². The quantitative estimate of drug-likeness (QED) is 0.615. The monoisotopic (exact) mass is 393 g/mol. The van der Waals surface area contributed by atoms with Gasteiger partial charge in [-0.3, -0.25) is 4.79 Å². The van der Waals surface area contributed by atoms with E-state index in [0.717, 1.165) is 10.6 Å². The molecule has 0 saturated heterocycles. The molecule has 0 bridgehead atoms. The summed E-state index contributed by atoms with van der Waals surface area (Å²) in [6.45, 7) is 6.35. The predicted molar refractivity (Wildman–Crippen MR) is 102 cm³/mol. The Bertz CT molecular complexity index is 811. The van der Waals surface area contributed by atoms with Gasteiger partial charge in [0, 0.05) is 27.6 Å². The molecule has 1 N–H and O–H groups in total. The van der Waals surface area contributed by atoms with Gasteiger partial charge in [-0.1, -0.05) is 23.4 Å². The Balaban J connectivity index is 1.97. The van der Waals surface area contributed by atoms with Gasteiger partial charge in [-0.2, -0.15) is 0 Å². The van der Waals surface area contributed by atoms with Gasteiger partial charge >= 0.3 is 5.97 Å². The third-order valence-corrected chi connectivity index (χ3v) is 5.51. The minimum absolute atomic E-state index is 0.188. The summed E-state index contributed by atoms with van der Waals surface area (Å²) < 4.78 is 11.0. The Kier molecular flexibility index (Phi) is 5.46. The van der Waals surface area contributed by atoms with E-state index in [2.05, 4.69) is 5.32 Å². The number of benzene rings is 1. The lowest BCUT2D eigenvalue weighted by Gasteiger charge is -2.36. The van der Waals surface area contributed by atoms with Crippen molar-refractivity contribution in [3.8, 4) is 0 Å². The summed E-state index contributed by atoms with van der Waals surface area (Å²) >= 11 is 7.18. The second-order valence-corrected chi connectivity index (χ2v) is 8.16. The molecule has 2 heterocycles. The van der Waals surface area contributed by atoms with Crippen LogP contribution in [0.1, 0.15) is 37.6 Å². The first-order valence-corrected chi connectivity index (χ1v) is 9.52. The smallest absolute Gasteiger partial charge is 0.356 e. The summed E-state index contributed by atoms with van der Waals surface area (Å²) in [6, 6.07) is 6.59. The molecular weight excluding hydrogens is 374 g/mol. The van der Waals surface area contributed by atoms with Crippen molar-refractivity contribution in [3.63, 3.8) is 0 Å². The van der Waals surface area contributed by atoms with E-state index in [1.807, 2.05) is 13.8 Å². The van der Waals surface area contributed by atoms with Crippen LogP contribution in [0.3, 0.4) is 0 Å². The fourth-order valence-electron chi connectivity index (χ4n) is 2.75. The van der Waals surface area contributed by atoms with Crippen molar-refractivity contribution >= 4 is 35.1 Å². The van der Waals surface area contributed by atoms with E-state index in [9.17, 15) is 9.59 Å². The zero-order valence-corrected chi connectivity index (χ0v) is 16.4. The van der Waals surface area contributed by atoms with E-state index < -0.39 is 5.97 Å². The molecular formula is C19H20ClNO4S. The first kappa shape index (κ1) is 19.0. The maximum Gasteiger partial charge on any atom is 0.356 e. The van der Waals surface area contributed by atoms with E-state index in [0.29, 0.717) is 28.5 Å². The highest BCUT2D eigenvalue weighted by molar-refractivity contribution is 8.07. The molecule has 0 aromatic heterocycles. The van der Waals surface area contributed by atoms with Crippen LogP contribution < -0.4 is 5.32 Å². The van der Waals surface area contributed by atoms with E-state index >= 15 is 0 Å². The van der Waals surface area contributed by atoms with Crippen molar-refractivity contribution in [3.05, 3.63) is 56.1 Å². The number of hydrogen-bond acceptors (Lipinski definition) is 6. The van der Waals surface area contributed by atoms with Crippen LogP contribution in [0.2, 0.25) is 5.02 Å². The normalized spacial score (nSPS) is 18.9. The number of carbonyl (C=O) groups is 2. The fourth-order valence-corrected chi connectivity index (χ4v) is 3.93. The number of allylic oxidation sites excluding steroid dienone is 1. The average molecular weight is 394 g/mol. The first-order valence-electron chi connectivity index (χ1n) is 8.33. The average Bonchev–Trinajstić information content (AvgIpc) is 2.60. The molecule has 26 heavy (non-hydrogen) atoms. The van der Waals surface area contributed by atoms with Crippen molar-refractivity contribution in [2.45, 2.75) is 32.8 Å². The van der Waals surface area contributed by atoms with Crippen LogP contribution >= 0.6 is 23.4 Å². The molecule has 0 amide bonds. The Morgan fingerprint density at radius 2 is 2.00 bits per heavy atom. The van der Waals surface area contributed by atoms with Gasteiger partial charge in [0.2, 0.25) is 5.78 Å².